The third kappa shape index (κ3) is 4.19. The largest absolute Gasteiger partial charge is 0.439 e. The number of halogens is 1. The van der Waals surface area contributed by atoms with Crippen LogP contribution in [-0.2, 0) is 12.8 Å². The molecule has 0 aliphatic rings. The summed E-state index contributed by atoms with van der Waals surface area (Å²) in [7, 11) is 0. The van der Waals surface area contributed by atoms with Crippen molar-refractivity contribution in [2.45, 2.75) is 39.2 Å². The summed E-state index contributed by atoms with van der Waals surface area (Å²) in [5.41, 5.74) is 8.13. The molecule has 2 N–H and O–H groups in total. The fraction of sp³-hybridized carbons (Fsp3) is 0.353. The van der Waals surface area contributed by atoms with Gasteiger partial charge < -0.3 is 10.5 Å². The zero-order chi connectivity index (χ0) is 15.2. The van der Waals surface area contributed by atoms with E-state index in [1.165, 1.54) is 0 Å². The molecule has 1 heterocycles. The SMILES string of the molecule is CCc1cc(Oc2ncccc2CC(N)CC)ccc1Cl. The van der Waals surface area contributed by atoms with Crippen molar-refractivity contribution in [1.82, 2.24) is 4.98 Å². The standard InChI is InChI=1S/C17H21ClN2O/c1-3-12-11-15(7-8-16(12)18)21-17-13(6-5-9-20-17)10-14(19)4-2/h5-9,11,14H,3-4,10,19H2,1-2H3. The van der Waals surface area contributed by atoms with Gasteiger partial charge >= 0.3 is 0 Å². The maximum absolute atomic E-state index is 6.13. The average Bonchev–Trinajstić information content (AvgIpc) is 2.51. The van der Waals surface area contributed by atoms with Gasteiger partial charge in [0.25, 0.3) is 0 Å². The number of aryl methyl sites for hydroxylation is 1. The van der Waals surface area contributed by atoms with Crippen molar-refractivity contribution >= 4 is 11.6 Å². The maximum Gasteiger partial charge on any atom is 0.222 e. The quantitative estimate of drug-likeness (QED) is 0.862. The fourth-order valence-electron chi connectivity index (χ4n) is 2.10. The molecule has 0 aliphatic carbocycles. The molecule has 1 atom stereocenters. The molecule has 0 saturated carbocycles. The summed E-state index contributed by atoms with van der Waals surface area (Å²) in [6, 6.07) is 9.71. The van der Waals surface area contributed by atoms with E-state index >= 15 is 0 Å². The van der Waals surface area contributed by atoms with E-state index in [0.717, 1.165) is 41.2 Å². The summed E-state index contributed by atoms with van der Waals surface area (Å²) in [6.07, 6.45) is 4.28. The minimum Gasteiger partial charge on any atom is -0.439 e. The van der Waals surface area contributed by atoms with Crippen LogP contribution in [0.2, 0.25) is 5.02 Å². The number of hydrogen-bond acceptors (Lipinski definition) is 3. The molecule has 4 heteroatoms. The lowest BCUT2D eigenvalue weighted by Gasteiger charge is -2.13. The van der Waals surface area contributed by atoms with Crippen LogP contribution in [0.25, 0.3) is 0 Å². The van der Waals surface area contributed by atoms with E-state index in [2.05, 4.69) is 18.8 Å². The highest BCUT2D eigenvalue weighted by atomic mass is 35.5. The van der Waals surface area contributed by atoms with Crippen molar-refractivity contribution < 1.29 is 4.74 Å². The van der Waals surface area contributed by atoms with Crippen LogP contribution >= 0.6 is 11.6 Å². The lowest BCUT2D eigenvalue weighted by atomic mass is 10.1. The number of rotatable bonds is 6. The normalized spacial score (nSPS) is 12.2. The second-order valence-corrected chi connectivity index (χ2v) is 5.46. The molecule has 0 amide bonds. The monoisotopic (exact) mass is 304 g/mol. The molecule has 1 unspecified atom stereocenters. The smallest absolute Gasteiger partial charge is 0.222 e. The van der Waals surface area contributed by atoms with E-state index < -0.39 is 0 Å². The zero-order valence-electron chi connectivity index (χ0n) is 12.5. The Labute approximate surface area is 131 Å². The molecule has 1 aromatic carbocycles. The zero-order valence-corrected chi connectivity index (χ0v) is 13.2. The van der Waals surface area contributed by atoms with Crippen LogP contribution in [0, 0.1) is 0 Å². The second-order valence-electron chi connectivity index (χ2n) is 5.05. The lowest BCUT2D eigenvalue weighted by molar-refractivity contribution is 0.452. The minimum atomic E-state index is 0.118. The molecule has 21 heavy (non-hydrogen) atoms. The van der Waals surface area contributed by atoms with Gasteiger partial charge in [-0.25, -0.2) is 4.98 Å². The van der Waals surface area contributed by atoms with Crippen LogP contribution in [0.1, 0.15) is 31.4 Å². The van der Waals surface area contributed by atoms with E-state index in [-0.39, 0.29) is 6.04 Å². The molecule has 2 aromatic rings. The van der Waals surface area contributed by atoms with Gasteiger partial charge in [-0.05, 0) is 49.1 Å². The number of nitrogens with two attached hydrogens (primary N) is 1. The molecule has 0 aliphatic heterocycles. The van der Waals surface area contributed by atoms with E-state index in [0.29, 0.717) is 5.88 Å². The third-order valence-corrected chi connectivity index (χ3v) is 3.84. The topological polar surface area (TPSA) is 48.1 Å². The molecular formula is C17H21ClN2O. The Morgan fingerprint density at radius 1 is 1.24 bits per heavy atom. The van der Waals surface area contributed by atoms with Gasteiger partial charge in [0, 0.05) is 22.8 Å². The summed E-state index contributed by atoms with van der Waals surface area (Å²) >= 11 is 6.13. The van der Waals surface area contributed by atoms with E-state index in [1.807, 2.05) is 30.3 Å². The van der Waals surface area contributed by atoms with Crippen molar-refractivity contribution in [3.05, 3.63) is 52.7 Å². The minimum absolute atomic E-state index is 0.118. The van der Waals surface area contributed by atoms with Crippen molar-refractivity contribution in [3.63, 3.8) is 0 Å². The summed E-state index contributed by atoms with van der Waals surface area (Å²) < 4.78 is 5.93. The predicted octanol–water partition coefficient (Wildman–Crippen LogP) is 4.37. The van der Waals surface area contributed by atoms with Gasteiger partial charge in [0.2, 0.25) is 5.88 Å². The van der Waals surface area contributed by atoms with Gasteiger partial charge in [-0.1, -0.05) is 31.5 Å². The highest BCUT2D eigenvalue weighted by Gasteiger charge is 2.10. The van der Waals surface area contributed by atoms with Crippen LogP contribution in [0.15, 0.2) is 36.5 Å². The van der Waals surface area contributed by atoms with Crippen molar-refractivity contribution in [3.8, 4) is 11.6 Å². The van der Waals surface area contributed by atoms with Gasteiger partial charge in [-0.2, -0.15) is 0 Å². The van der Waals surface area contributed by atoms with Crippen molar-refractivity contribution in [1.29, 1.82) is 0 Å². The predicted molar refractivity (Wildman–Crippen MR) is 87.1 cm³/mol. The summed E-state index contributed by atoms with van der Waals surface area (Å²) in [5, 5.41) is 0.763. The molecule has 112 valence electrons. The first kappa shape index (κ1) is 15.8. The first-order valence-corrected chi connectivity index (χ1v) is 7.67. The molecule has 0 fully saturated rings. The molecule has 2 rings (SSSR count). The van der Waals surface area contributed by atoms with Gasteiger partial charge in [0.1, 0.15) is 5.75 Å². The molecule has 0 spiro atoms. The van der Waals surface area contributed by atoms with Gasteiger partial charge in [0.15, 0.2) is 0 Å². The number of ether oxygens (including phenoxy) is 1. The molecule has 1 aromatic heterocycles. The first-order chi connectivity index (χ1) is 10.1. The number of hydrogen-bond donors (Lipinski definition) is 1. The summed E-state index contributed by atoms with van der Waals surface area (Å²) in [6.45, 7) is 4.14. The fourth-order valence-corrected chi connectivity index (χ4v) is 2.35. The molecule has 0 radical (unpaired) electrons. The highest BCUT2D eigenvalue weighted by molar-refractivity contribution is 6.31. The van der Waals surface area contributed by atoms with Crippen molar-refractivity contribution in [2.75, 3.05) is 0 Å². The van der Waals surface area contributed by atoms with Crippen LogP contribution in [-0.4, -0.2) is 11.0 Å². The Hall–Kier alpha value is -1.58. The molecule has 0 bridgehead atoms. The highest BCUT2D eigenvalue weighted by Crippen LogP contribution is 2.28. The Kier molecular flexibility index (Phi) is 5.59. The molecule has 0 saturated heterocycles. The van der Waals surface area contributed by atoms with Crippen LogP contribution in [0.4, 0.5) is 0 Å². The van der Waals surface area contributed by atoms with Crippen LogP contribution in [0.5, 0.6) is 11.6 Å². The number of aromatic nitrogens is 1. The molecular weight excluding hydrogens is 284 g/mol. The average molecular weight is 305 g/mol. The first-order valence-electron chi connectivity index (χ1n) is 7.29. The third-order valence-electron chi connectivity index (χ3n) is 3.47. The molecule has 3 nitrogen and oxygen atoms in total. The van der Waals surface area contributed by atoms with Crippen molar-refractivity contribution in [2.24, 2.45) is 5.73 Å². The number of pyridine rings is 1. The van der Waals surface area contributed by atoms with E-state index in [9.17, 15) is 0 Å². The van der Waals surface area contributed by atoms with Gasteiger partial charge in [-0.15, -0.1) is 0 Å². The van der Waals surface area contributed by atoms with Gasteiger partial charge in [-0.3, -0.25) is 0 Å². The number of nitrogens with zero attached hydrogens (tertiary/aromatic N) is 1. The Balaban J connectivity index is 2.23. The Bertz CT molecular complexity index is 601. The van der Waals surface area contributed by atoms with E-state index in [1.54, 1.807) is 6.20 Å². The van der Waals surface area contributed by atoms with Crippen LogP contribution < -0.4 is 10.5 Å². The Morgan fingerprint density at radius 3 is 2.76 bits per heavy atom. The maximum atomic E-state index is 6.13. The lowest BCUT2D eigenvalue weighted by Crippen LogP contribution is -2.21. The summed E-state index contributed by atoms with van der Waals surface area (Å²) in [4.78, 5) is 4.33. The number of benzene rings is 1. The Morgan fingerprint density at radius 2 is 2.05 bits per heavy atom. The second kappa shape index (κ2) is 7.43. The summed E-state index contributed by atoms with van der Waals surface area (Å²) in [5.74, 6) is 1.37. The van der Waals surface area contributed by atoms with Gasteiger partial charge in [0.05, 0.1) is 0 Å². The van der Waals surface area contributed by atoms with Crippen LogP contribution in [0.3, 0.4) is 0 Å². The van der Waals surface area contributed by atoms with E-state index in [4.69, 9.17) is 22.1 Å².